The highest BCUT2D eigenvalue weighted by atomic mass is 32.2. The van der Waals surface area contributed by atoms with E-state index in [1.165, 1.54) is 17.3 Å². The zero-order valence-corrected chi connectivity index (χ0v) is 17.5. The number of fused-ring (bicyclic) bond motifs is 1. The second-order valence-corrected chi connectivity index (χ2v) is 7.82. The highest BCUT2D eigenvalue weighted by Gasteiger charge is 2.11. The van der Waals surface area contributed by atoms with Crippen molar-refractivity contribution in [2.45, 2.75) is 25.7 Å². The lowest BCUT2D eigenvalue weighted by Crippen LogP contribution is -2.14. The molecule has 1 aromatic heterocycles. The largest absolute Gasteiger partial charge is 0.484 e. The molecule has 0 aliphatic heterocycles. The molecule has 1 amide bonds. The molecule has 0 bridgehead atoms. The number of anilines is 1. The van der Waals surface area contributed by atoms with Crippen molar-refractivity contribution >= 4 is 34.1 Å². The zero-order valence-electron chi connectivity index (χ0n) is 16.7. The van der Waals surface area contributed by atoms with Crippen LogP contribution in [0.3, 0.4) is 0 Å². The van der Waals surface area contributed by atoms with Gasteiger partial charge in [-0.05, 0) is 60.0 Å². The van der Waals surface area contributed by atoms with Crippen molar-refractivity contribution in [1.82, 2.24) is 10.2 Å². The van der Waals surface area contributed by atoms with Crippen molar-refractivity contribution < 1.29 is 13.9 Å². The van der Waals surface area contributed by atoms with E-state index in [2.05, 4.69) is 21.6 Å². The van der Waals surface area contributed by atoms with E-state index >= 15 is 0 Å². The van der Waals surface area contributed by atoms with Crippen LogP contribution in [-0.2, 0) is 11.4 Å². The first kappa shape index (κ1) is 20.0. The van der Waals surface area contributed by atoms with Crippen LogP contribution in [0.5, 0.6) is 5.75 Å². The second-order valence-electron chi connectivity index (χ2n) is 6.90. The van der Waals surface area contributed by atoms with E-state index < -0.39 is 0 Å². The highest BCUT2D eigenvalue weighted by Crippen LogP contribution is 2.22. The van der Waals surface area contributed by atoms with Crippen molar-refractivity contribution in [3.63, 3.8) is 0 Å². The fourth-order valence-electron chi connectivity index (χ4n) is 2.90. The van der Waals surface area contributed by atoms with E-state index in [1.54, 1.807) is 0 Å². The van der Waals surface area contributed by atoms with E-state index in [0.29, 0.717) is 11.1 Å². The Hall–Kier alpha value is -3.32. The maximum Gasteiger partial charge on any atom is 0.277 e. The van der Waals surface area contributed by atoms with Gasteiger partial charge in [-0.2, -0.15) is 0 Å². The molecule has 0 atom stereocenters. The second kappa shape index (κ2) is 9.00. The minimum Gasteiger partial charge on any atom is -0.484 e. The Morgan fingerprint density at radius 2 is 1.83 bits per heavy atom. The van der Waals surface area contributed by atoms with Crippen LogP contribution in [-0.4, -0.2) is 21.9 Å². The van der Waals surface area contributed by atoms with Gasteiger partial charge in [0.05, 0.1) is 5.75 Å². The molecule has 7 heteroatoms. The van der Waals surface area contributed by atoms with Gasteiger partial charge in [0, 0.05) is 5.69 Å². The molecule has 0 unspecified atom stereocenters. The molecule has 4 rings (SSSR count). The number of benzene rings is 3. The molecule has 3 aromatic carbocycles. The molecule has 0 aliphatic rings. The quantitative estimate of drug-likeness (QED) is 0.418. The van der Waals surface area contributed by atoms with E-state index in [9.17, 15) is 4.79 Å². The Kier molecular flexibility index (Phi) is 5.99. The number of aryl methyl sites for hydroxylation is 2. The molecule has 1 N–H and O–H groups in total. The summed E-state index contributed by atoms with van der Waals surface area (Å²) in [6, 6.07) is 19.8. The molecule has 0 saturated heterocycles. The van der Waals surface area contributed by atoms with Gasteiger partial charge in [0.1, 0.15) is 5.75 Å². The number of nitrogens with zero attached hydrogens (tertiary/aromatic N) is 2. The van der Waals surface area contributed by atoms with Gasteiger partial charge in [-0.3, -0.25) is 4.79 Å². The summed E-state index contributed by atoms with van der Waals surface area (Å²) in [4.78, 5) is 12.2. The number of hydrogen-bond donors (Lipinski definition) is 1. The summed E-state index contributed by atoms with van der Waals surface area (Å²) in [5.74, 6) is 1.14. The van der Waals surface area contributed by atoms with Gasteiger partial charge in [-0.1, -0.05) is 48.2 Å². The summed E-state index contributed by atoms with van der Waals surface area (Å²) < 4.78 is 11.3. The topological polar surface area (TPSA) is 77.2 Å². The predicted molar refractivity (Wildman–Crippen MR) is 118 cm³/mol. The van der Waals surface area contributed by atoms with Crippen LogP contribution < -0.4 is 10.1 Å². The van der Waals surface area contributed by atoms with E-state index in [4.69, 9.17) is 9.15 Å². The Balaban J connectivity index is 1.28. The third kappa shape index (κ3) is 4.99. The van der Waals surface area contributed by atoms with Crippen molar-refractivity contribution in [2.24, 2.45) is 0 Å². The van der Waals surface area contributed by atoms with E-state index in [-0.39, 0.29) is 18.3 Å². The normalized spacial score (nSPS) is 10.9. The highest BCUT2D eigenvalue weighted by molar-refractivity contribution is 7.99. The Morgan fingerprint density at radius 1 is 1.00 bits per heavy atom. The zero-order chi connectivity index (χ0) is 20.9. The molecule has 0 radical (unpaired) electrons. The van der Waals surface area contributed by atoms with Crippen LogP contribution in [0.4, 0.5) is 5.69 Å². The minimum atomic E-state index is -0.129. The maximum atomic E-state index is 12.2. The number of aromatic nitrogens is 2. The number of carbonyl (C=O) groups is 1. The predicted octanol–water partition coefficient (Wildman–Crippen LogP) is 5.15. The first-order valence-corrected chi connectivity index (χ1v) is 10.5. The average molecular weight is 420 g/mol. The van der Waals surface area contributed by atoms with Gasteiger partial charge < -0.3 is 14.5 Å². The van der Waals surface area contributed by atoms with Gasteiger partial charge in [0.25, 0.3) is 11.1 Å². The average Bonchev–Trinajstić information content (AvgIpc) is 3.21. The Morgan fingerprint density at radius 3 is 2.67 bits per heavy atom. The van der Waals surface area contributed by atoms with Gasteiger partial charge in [-0.25, -0.2) is 0 Å². The summed E-state index contributed by atoms with van der Waals surface area (Å²) in [6.07, 6.45) is 0. The summed E-state index contributed by atoms with van der Waals surface area (Å²) in [7, 11) is 0. The molecule has 4 aromatic rings. The van der Waals surface area contributed by atoms with Crippen LogP contribution in [0.1, 0.15) is 17.0 Å². The fraction of sp³-hybridized carbons (Fsp3) is 0.174. The maximum absolute atomic E-state index is 12.2. The third-order valence-electron chi connectivity index (χ3n) is 4.65. The lowest BCUT2D eigenvalue weighted by atomic mass is 10.1. The number of hydrogen-bond acceptors (Lipinski definition) is 6. The molecule has 30 heavy (non-hydrogen) atoms. The molecular weight excluding hydrogens is 398 g/mol. The molecule has 0 spiro atoms. The number of nitrogens with one attached hydrogen (secondary N) is 1. The van der Waals surface area contributed by atoms with Crippen LogP contribution in [0.15, 0.2) is 70.3 Å². The summed E-state index contributed by atoms with van der Waals surface area (Å²) in [5.41, 5.74) is 3.10. The molecule has 0 saturated carbocycles. The first-order valence-electron chi connectivity index (χ1n) is 9.51. The smallest absolute Gasteiger partial charge is 0.277 e. The Labute approximate surface area is 178 Å². The van der Waals surface area contributed by atoms with E-state index in [0.717, 1.165) is 27.8 Å². The van der Waals surface area contributed by atoms with Crippen LogP contribution in [0.25, 0.3) is 10.8 Å². The van der Waals surface area contributed by atoms with Crippen LogP contribution in [0, 0.1) is 13.8 Å². The number of amides is 1. The number of thioether (sulfide) groups is 1. The van der Waals surface area contributed by atoms with Crippen molar-refractivity contribution in [2.75, 3.05) is 11.1 Å². The minimum absolute atomic E-state index is 0.129. The van der Waals surface area contributed by atoms with Crippen LogP contribution >= 0.6 is 11.8 Å². The fourth-order valence-corrected chi connectivity index (χ4v) is 3.48. The van der Waals surface area contributed by atoms with Crippen LogP contribution in [0.2, 0.25) is 0 Å². The monoisotopic (exact) mass is 419 g/mol. The van der Waals surface area contributed by atoms with Crippen molar-refractivity contribution in [3.05, 3.63) is 77.7 Å². The summed E-state index contributed by atoms with van der Waals surface area (Å²) in [5, 5.41) is 13.4. The SMILES string of the molecule is Cc1ccc(NC(=O)CSc2nnc(COc3ccc4ccccc4c3)o2)cc1C. The molecule has 6 nitrogen and oxygen atoms in total. The third-order valence-corrected chi connectivity index (χ3v) is 5.47. The van der Waals surface area contributed by atoms with Crippen molar-refractivity contribution in [3.8, 4) is 5.75 Å². The lowest BCUT2D eigenvalue weighted by Gasteiger charge is -2.06. The number of rotatable bonds is 7. The molecule has 152 valence electrons. The summed E-state index contributed by atoms with van der Waals surface area (Å²) >= 11 is 1.19. The number of carbonyl (C=O) groups excluding carboxylic acids is 1. The first-order chi connectivity index (χ1) is 14.6. The van der Waals surface area contributed by atoms with Gasteiger partial charge in [0.15, 0.2) is 6.61 Å². The van der Waals surface area contributed by atoms with Gasteiger partial charge in [0.2, 0.25) is 5.91 Å². The van der Waals surface area contributed by atoms with Gasteiger partial charge >= 0.3 is 0 Å². The van der Waals surface area contributed by atoms with Gasteiger partial charge in [-0.15, -0.1) is 10.2 Å². The molecule has 0 aliphatic carbocycles. The number of ether oxygens (including phenoxy) is 1. The van der Waals surface area contributed by atoms with E-state index in [1.807, 2.05) is 68.4 Å². The lowest BCUT2D eigenvalue weighted by molar-refractivity contribution is -0.113. The molecule has 1 heterocycles. The standard InChI is InChI=1S/C23H21N3O3S/c1-15-7-9-19(11-16(15)2)24-21(27)14-30-23-26-25-22(29-23)13-28-20-10-8-17-5-3-4-6-18(17)12-20/h3-12H,13-14H2,1-2H3,(H,24,27). The van der Waals surface area contributed by atoms with Crippen molar-refractivity contribution in [1.29, 1.82) is 0 Å². The Bertz CT molecular complexity index is 1190. The molecular formula is C23H21N3O3S. The summed E-state index contributed by atoms with van der Waals surface area (Å²) in [6.45, 7) is 4.22. The molecule has 0 fully saturated rings.